The summed E-state index contributed by atoms with van der Waals surface area (Å²) in [6.45, 7) is 6.66. The Hall–Kier alpha value is -1.00. The van der Waals surface area contributed by atoms with Crippen molar-refractivity contribution in [2.24, 2.45) is 0 Å². The van der Waals surface area contributed by atoms with E-state index in [9.17, 15) is 9.90 Å². The SMILES string of the molecule is CCNC(CC)(CCCSc1cccc(C)c1)C(=O)O. The number of aliphatic carboxylic acids is 1. The smallest absolute Gasteiger partial charge is 0.323 e. The molecule has 3 nitrogen and oxygen atoms in total. The van der Waals surface area contributed by atoms with Gasteiger partial charge in [-0.05, 0) is 50.6 Å². The number of carboxylic acid groups (broad SMARTS) is 1. The quantitative estimate of drug-likeness (QED) is 0.538. The Morgan fingerprint density at radius 2 is 2.15 bits per heavy atom. The highest BCUT2D eigenvalue weighted by Crippen LogP contribution is 2.24. The van der Waals surface area contributed by atoms with Gasteiger partial charge in [0.2, 0.25) is 0 Å². The predicted octanol–water partition coefficient (Wildman–Crippen LogP) is 3.71. The summed E-state index contributed by atoms with van der Waals surface area (Å²) in [7, 11) is 0. The molecule has 0 fully saturated rings. The number of nitrogens with one attached hydrogen (secondary N) is 1. The summed E-state index contributed by atoms with van der Waals surface area (Å²) in [5.41, 5.74) is 0.498. The van der Waals surface area contributed by atoms with Gasteiger partial charge in [-0.3, -0.25) is 4.79 Å². The molecule has 2 N–H and O–H groups in total. The number of thioether (sulfide) groups is 1. The third kappa shape index (κ3) is 4.84. The van der Waals surface area contributed by atoms with E-state index in [1.54, 1.807) is 11.8 Å². The molecule has 0 heterocycles. The Morgan fingerprint density at radius 3 is 2.70 bits per heavy atom. The number of hydrogen-bond acceptors (Lipinski definition) is 3. The van der Waals surface area contributed by atoms with Crippen LogP contribution in [0.15, 0.2) is 29.2 Å². The summed E-state index contributed by atoms with van der Waals surface area (Å²) in [6, 6.07) is 8.41. The lowest BCUT2D eigenvalue weighted by Gasteiger charge is -2.29. The second kappa shape index (κ2) is 8.32. The lowest BCUT2D eigenvalue weighted by Crippen LogP contribution is -2.51. The minimum Gasteiger partial charge on any atom is -0.480 e. The number of rotatable bonds is 9. The van der Waals surface area contributed by atoms with Gasteiger partial charge in [-0.25, -0.2) is 0 Å². The monoisotopic (exact) mass is 295 g/mol. The van der Waals surface area contributed by atoms with E-state index in [2.05, 4.69) is 36.5 Å². The maximum atomic E-state index is 11.5. The van der Waals surface area contributed by atoms with Crippen molar-refractivity contribution >= 4 is 17.7 Å². The van der Waals surface area contributed by atoms with Crippen LogP contribution < -0.4 is 5.32 Å². The normalized spacial score (nSPS) is 13.9. The van der Waals surface area contributed by atoms with E-state index < -0.39 is 11.5 Å². The second-order valence-electron chi connectivity index (χ2n) is 5.04. The molecule has 0 spiro atoms. The third-order valence-corrected chi connectivity index (χ3v) is 4.61. The topological polar surface area (TPSA) is 49.3 Å². The van der Waals surface area contributed by atoms with Crippen LogP contribution in [0.5, 0.6) is 0 Å². The lowest BCUT2D eigenvalue weighted by molar-refractivity contribution is -0.145. The molecule has 112 valence electrons. The molecule has 1 rings (SSSR count). The predicted molar refractivity (Wildman–Crippen MR) is 85.5 cm³/mol. The molecule has 20 heavy (non-hydrogen) atoms. The molecule has 0 saturated heterocycles. The van der Waals surface area contributed by atoms with E-state index in [4.69, 9.17) is 0 Å². The zero-order valence-corrected chi connectivity index (χ0v) is 13.4. The Bertz CT molecular complexity index is 436. The molecule has 0 radical (unpaired) electrons. The molecule has 0 bridgehead atoms. The summed E-state index contributed by atoms with van der Waals surface area (Å²) in [5, 5.41) is 12.6. The molecule has 1 aromatic rings. The summed E-state index contributed by atoms with van der Waals surface area (Å²) in [4.78, 5) is 12.7. The minimum atomic E-state index is -0.762. The average Bonchev–Trinajstić information content (AvgIpc) is 2.42. The van der Waals surface area contributed by atoms with E-state index in [1.807, 2.05) is 13.8 Å². The van der Waals surface area contributed by atoms with Gasteiger partial charge in [0.25, 0.3) is 0 Å². The molecular formula is C16H25NO2S. The molecule has 0 amide bonds. The van der Waals surface area contributed by atoms with Gasteiger partial charge in [-0.15, -0.1) is 11.8 Å². The Labute approximate surface area is 126 Å². The molecule has 1 aromatic carbocycles. The van der Waals surface area contributed by atoms with Gasteiger partial charge in [0.15, 0.2) is 0 Å². The second-order valence-corrected chi connectivity index (χ2v) is 6.21. The third-order valence-electron chi connectivity index (χ3n) is 3.53. The summed E-state index contributed by atoms with van der Waals surface area (Å²) < 4.78 is 0. The fourth-order valence-corrected chi connectivity index (χ4v) is 3.30. The van der Waals surface area contributed by atoms with Crippen LogP contribution in [0.1, 0.15) is 38.7 Å². The maximum absolute atomic E-state index is 11.5. The van der Waals surface area contributed by atoms with E-state index in [0.29, 0.717) is 19.4 Å². The van der Waals surface area contributed by atoms with Crippen LogP contribution in [0.25, 0.3) is 0 Å². The fraction of sp³-hybridized carbons (Fsp3) is 0.562. The van der Waals surface area contributed by atoms with E-state index in [-0.39, 0.29) is 0 Å². The Morgan fingerprint density at radius 1 is 1.40 bits per heavy atom. The number of likely N-dealkylation sites (N-methyl/N-ethyl adjacent to an activating group) is 1. The Balaban J connectivity index is 2.47. The van der Waals surface area contributed by atoms with Gasteiger partial charge in [-0.1, -0.05) is 31.5 Å². The lowest BCUT2D eigenvalue weighted by atomic mass is 9.91. The van der Waals surface area contributed by atoms with E-state index in [1.165, 1.54) is 10.5 Å². The molecule has 0 saturated carbocycles. The highest BCUT2D eigenvalue weighted by atomic mass is 32.2. The summed E-state index contributed by atoms with van der Waals surface area (Å²) in [5.74, 6) is 0.214. The van der Waals surface area contributed by atoms with Crippen molar-refractivity contribution in [3.63, 3.8) is 0 Å². The first-order valence-electron chi connectivity index (χ1n) is 7.22. The van der Waals surface area contributed by atoms with Crippen molar-refractivity contribution in [1.29, 1.82) is 0 Å². The van der Waals surface area contributed by atoms with Crippen molar-refractivity contribution < 1.29 is 9.90 Å². The van der Waals surface area contributed by atoms with E-state index >= 15 is 0 Å². The van der Waals surface area contributed by atoms with Crippen molar-refractivity contribution in [3.05, 3.63) is 29.8 Å². The molecule has 0 aromatic heterocycles. The molecular weight excluding hydrogens is 270 g/mol. The summed E-state index contributed by atoms with van der Waals surface area (Å²) in [6.07, 6.45) is 2.18. The van der Waals surface area contributed by atoms with Gasteiger partial charge in [0, 0.05) is 4.90 Å². The van der Waals surface area contributed by atoms with Crippen LogP contribution in [-0.2, 0) is 4.79 Å². The van der Waals surface area contributed by atoms with Crippen LogP contribution >= 0.6 is 11.8 Å². The minimum absolute atomic E-state index is 0.616. The number of carbonyl (C=O) groups is 1. The van der Waals surface area contributed by atoms with Gasteiger partial charge in [0.05, 0.1) is 0 Å². The number of benzene rings is 1. The molecule has 0 aliphatic heterocycles. The molecule has 0 aliphatic rings. The number of aryl methyl sites for hydroxylation is 1. The molecule has 1 unspecified atom stereocenters. The van der Waals surface area contributed by atoms with Gasteiger partial charge in [0.1, 0.15) is 5.54 Å². The standard InChI is InChI=1S/C16H25NO2S/c1-4-16(15(18)19,17-5-2)10-7-11-20-14-9-6-8-13(3)12-14/h6,8-9,12,17H,4-5,7,10-11H2,1-3H3,(H,18,19). The van der Waals surface area contributed by atoms with Crippen LogP contribution in [-0.4, -0.2) is 28.9 Å². The average molecular weight is 295 g/mol. The van der Waals surface area contributed by atoms with Crippen LogP contribution in [0.2, 0.25) is 0 Å². The largest absolute Gasteiger partial charge is 0.480 e. The zero-order chi connectivity index (χ0) is 15.0. The molecule has 1 atom stereocenters. The number of carboxylic acids is 1. The van der Waals surface area contributed by atoms with Crippen molar-refractivity contribution in [1.82, 2.24) is 5.32 Å². The summed E-state index contributed by atoms with van der Waals surface area (Å²) >= 11 is 1.79. The highest BCUT2D eigenvalue weighted by Gasteiger charge is 2.34. The number of hydrogen-bond donors (Lipinski definition) is 2. The van der Waals surface area contributed by atoms with Gasteiger partial charge >= 0.3 is 5.97 Å². The van der Waals surface area contributed by atoms with Gasteiger partial charge < -0.3 is 10.4 Å². The van der Waals surface area contributed by atoms with Crippen molar-refractivity contribution in [2.45, 2.75) is 50.5 Å². The van der Waals surface area contributed by atoms with Crippen LogP contribution in [0.3, 0.4) is 0 Å². The van der Waals surface area contributed by atoms with Crippen molar-refractivity contribution in [3.8, 4) is 0 Å². The first-order chi connectivity index (χ1) is 9.54. The highest BCUT2D eigenvalue weighted by molar-refractivity contribution is 7.99. The molecule has 0 aliphatic carbocycles. The fourth-order valence-electron chi connectivity index (χ4n) is 2.33. The van der Waals surface area contributed by atoms with E-state index in [0.717, 1.165) is 12.2 Å². The Kier molecular flexibility index (Phi) is 7.10. The van der Waals surface area contributed by atoms with Crippen LogP contribution in [0.4, 0.5) is 0 Å². The van der Waals surface area contributed by atoms with Gasteiger partial charge in [-0.2, -0.15) is 0 Å². The van der Waals surface area contributed by atoms with Crippen molar-refractivity contribution in [2.75, 3.05) is 12.3 Å². The molecule has 4 heteroatoms. The first-order valence-corrected chi connectivity index (χ1v) is 8.20. The van der Waals surface area contributed by atoms with Crippen LogP contribution in [0, 0.1) is 6.92 Å². The zero-order valence-electron chi connectivity index (χ0n) is 12.6. The maximum Gasteiger partial charge on any atom is 0.323 e. The first kappa shape index (κ1) is 17.1.